The second-order valence-corrected chi connectivity index (χ2v) is 5.69. The molecule has 2 fully saturated rings. The van der Waals surface area contributed by atoms with Crippen molar-refractivity contribution in [3.8, 4) is 0 Å². The van der Waals surface area contributed by atoms with E-state index in [0.717, 1.165) is 51.0 Å². The van der Waals surface area contributed by atoms with Gasteiger partial charge in [0.25, 0.3) is 0 Å². The molecule has 4 nitrogen and oxygen atoms in total. The van der Waals surface area contributed by atoms with Crippen molar-refractivity contribution in [2.24, 2.45) is 0 Å². The molecule has 4 heteroatoms. The van der Waals surface area contributed by atoms with Gasteiger partial charge in [-0.3, -0.25) is 4.90 Å². The van der Waals surface area contributed by atoms with Gasteiger partial charge >= 0.3 is 0 Å². The molecule has 1 N–H and O–H groups in total. The molecule has 0 amide bonds. The van der Waals surface area contributed by atoms with Crippen LogP contribution in [-0.4, -0.2) is 55.4 Å². The third-order valence-corrected chi connectivity index (χ3v) is 4.48. The summed E-state index contributed by atoms with van der Waals surface area (Å²) in [5.74, 6) is 0. The van der Waals surface area contributed by atoms with Crippen LogP contribution in [0.2, 0.25) is 0 Å². The minimum atomic E-state index is 0.123. The van der Waals surface area contributed by atoms with Gasteiger partial charge in [-0.1, -0.05) is 12.1 Å². The first-order valence-corrected chi connectivity index (χ1v) is 7.63. The number of piperidine rings is 1. The smallest absolute Gasteiger partial charge is 0.0682 e. The third kappa shape index (κ3) is 3.14. The molecule has 20 heavy (non-hydrogen) atoms. The minimum Gasteiger partial charge on any atom is -0.392 e. The highest BCUT2D eigenvalue weighted by Gasteiger charge is 2.25. The van der Waals surface area contributed by atoms with Gasteiger partial charge in [0, 0.05) is 37.9 Å². The normalized spacial score (nSPS) is 22.1. The Morgan fingerprint density at radius 1 is 1.10 bits per heavy atom. The Balaban J connectivity index is 1.57. The number of hydrogen-bond donors (Lipinski definition) is 1. The van der Waals surface area contributed by atoms with Gasteiger partial charge in [-0.15, -0.1) is 0 Å². The number of aliphatic hydroxyl groups is 1. The Bertz CT molecular complexity index is 424. The minimum absolute atomic E-state index is 0.123. The quantitative estimate of drug-likeness (QED) is 0.907. The first kappa shape index (κ1) is 13.9. The fourth-order valence-corrected chi connectivity index (χ4v) is 3.28. The summed E-state index contributed by atoms with van der Waals surface area (Å²) in [6.45, 7) is 6.29. The summed E-state index contributed by atoms with van der Waals surface area (Å²) in [7, 11) is 0. The second kappa shape index (κ2) is 6.57. The maximum atomic E-state index is 9.24. The van der Waals surface area contributed by atoms with Crippen LogP contribution in [-0.2, 0) is 11.3 Å². The van der Waals surface area contributed by atoms with Crippen molar-refractivity contribution in [3.05, 3.63) is 29.8 Å². The molecule has 0 radical (unpaired) electrons. The van der Waals surface area contributed by atoms with Crippen molar-refractivity contribution in [3.63, 3.8) is 0 Å². The van der Waals surface area contributed by atoms with Gasteiger partial charge in [0.15, 0.2) is 0 Å². The summed E-state index contributed by atoms with van der Waals surface area (Å²) in [4.78, 5) is 5.03. The number of benzene rings is 1. The lowest BCUT2D eigenvalue weighted by atomic mass is 10.0. The molecule has 2 saturated heterocycles. The maximum absolute atomic E-state index is 9.24. The lowest BCUT2D eigenvalue weighted by molar-refractivity contribution is 0.0115. The Morgan fingerprint density at radius 3 is 2.55 bits per heavy atom. The Labute approximate surface area is 120 Å². The molecular formula is C16H24N2O2. The monoisotopic (exact) mass is 276 g/mol. The number of rotatable bonds is 3. The van der Waals surface area contributed by atoms with E-state index in [9.17, 15) is 5.11 Å². The first-order valence-electron chi connectivity index (χ1n) is 7.63. The van der Waals surface area contributed by atoms with Gasteiger partial charge in [0.05, 0.1) is 19.8 Å². The largest absolute Gasteiger partial charge is 0.392 e. The molecule has 2 aliphatic heterocycles. The van der Waals surface area contributed by atoms with E-state index in [-0.39, 0.29) is 6.61 Å². The molecule has 0 spiro atoms. The summed E-state index contributed by atoms with van der Waals surface area (Å²) >= 11 is 0. The van der Waals surface area contributed by atoms with Gasteiger partial charge in [0.1, 0.15) is 0 Å². The standard InChI is InChI=1S/C16H24N2O2/c19-13-14-2-1-3-16(12-14)17-6-4-15(5-7-17)18-8-10-20-11-9-18/h1-3,12,15,19H,4-11,13H2. The zero-order valence-electron chi connectivity index (χ0n) is 12.0. The average molecular weight is 276 g/mol. The predicted molar refractivity (Wildman–Crippen MR) is 80.0 cm³/mol. The Kier molecular flexibility index (Phi) is 4.55. The summed E-state index contributed by atoms with van der Waals surface area (Å²) in [5, 5.41) is 9.24. The highest BCUT2D eigenvalue weighted by atomic mass is 16.5. The molecular weight excluding hydrogens is 252 g/mol. The molecule has 1 aromatic rings. The fraction of sp³-hybridized carbons (Fsp3) is 0.625. The molecule has 0 aliphatic carbocycles. The number of hydrogen-bond acceptors (Lipinski definition) is 4. The molecule has 2 aliphatic rings. The summed E-state index contributed by atoms with van der Waals surface area (Å²) in [6.07, 6.45) is 2.45. The number of ether oxygens (including phenoxy) is 1. The molecule has 0 unspecified atom stereocenters. The van der Waals surface area contributed by atoms with Gasteiger partial charge in [0.2, 0.25) is 0 Å². The lowest BCUT2D eigenvalue weighted by Crippen LogP contribution is -2.49. The molecule has 0 atom stereocenters. The van der Waals surface area contributed by atoms with Crippen LogP contribution in [0.15, 0.2) is 24.3 Å². The topological polar surface area (TPSA) is 35.9 Å². The first-order chi connectivity index (χ1) is 9.86. The summed E-state index contributed by atoms with van der Waals surface area (Å²) in [5.41, 5.74) is 2.25. The molecule has 0 saturated carbocycles. The van der Waals surface area contributed by atoms with Crippen LogP contribution < -0.4 is 4.90 Å². The van der Waals surface area contributed by atoms with Crippen LogP contribution in [0.1, 0.15) is 18.4 Å². The number of aliphatic hydroxyl groups excluding tert-OH is 1. The lowest BCUT2D eigenvalue weighted by Gasteiger charge is -2.40. The van der Waals surface area contributed by atoms with Crippen molar-refractivity contribution in [2.45, 2.75) is 25.5 Å². The van der Waals surface area contributed by atoms with E-state index in [0.29, 0.717) is 0 Å². The van der Waals surface area contributed by atoms with Crippen molar-refractivity contribution < 1.29 is 9.84 Å². The van der Waals surface area contributed by atoms with E-state index in [1.165, 1.54) is 18.5 Å². The fourth-order valence-electron chi connectivity index (χ4n) is 3.28. The predicted octanol–water partition coefficient (Wildman–Crippen LogP) is 1.48. The van der Waals surface area contributed by atoms with E-state index in [2.05, 4.69) is 21.9 Å². The molecule has 110 valence electrons. The Hall–Kier alpha value is -1.10. The zero-order chi connectivity index (χ0) is 13.8. The van der Waals surface area contributed by atoms with Crippen LogP contribution >= 0.6 is 0 Å². The van der Waals surface area contributed by atoms with Gasteiger partial charge in [-0.2, -0.15) is 0 Å². The summed E-state index contributed by atoms with van der Waals surface area (Å²) in [6, 6.07) is 8.98. The molecule has 0 aromatic heterocycles. The van der Waals surface area contributed by atoms with Crippen LogP contribution in [0, 0.1) is 0 Å². The van der Waals surface area contributed by atoms with E-state index >= 15 is 0 Å². The van der Waals surface area contributed by atoms with Gasteiger partial charge < -0.3 is 14.7 Å². The van der Waals surface area contributed by atoms with E-state index < -0.39 is 0 Å². The van der Waals surface area contributed by atoms with Crippen molar-refractivity contribution in [1.82, 2.24) is 4.90 Å². The summed E-state index contributed by atoms with van der Waals surface area (Å²) < 4.78 is 5.43. The van der Waals surface area contributed by atoms with Crippen LogP contribution in [0.25, 0.3) is 0 Å². The Morgan fingerprint density at radius 2 is 1.85 bits per heavy atom. The SMILES string of the molecule is OCc1cccc(N2CCC(N3CCOCC3)CC2)c1. The van der Waals surface area contributed by atoms with Crippen molar-refractivity contribution in [1.29, 1.82) is 0 Å². The highest BCUT2D eigenvalue weighted by molar-refractivity contribution is 5.48. The van der Waals surface area contributed by atoms with Gasteiger partial charge in [-0.05, 0) is 30.5 Å². The zero-order valence-corrected chi connectivity index (χ0v) is 12.0. The molecule has 2 heterocycles. The molecule has 0 bridgehead atoms. The van der Waals surface area contributed by atoms with E-state index in [1.54, 1.807) is 0 Å². The highest BCUT2D eigenvalue weighted by Crippen LogP contribution is 2.24. The molecule has 3 rings (SSSR count). The third-order valence-electron chi connectivity index (χ3n) is 4.48. The van der Waals surface area contributed by atoms with Crippen molar-refractivity contribution >= 4 is 5.69 Å². The van der Waals surface area contributed by atoms with Crippen molar-refractivity contribution in [2.75, 3.05) is 44.3 Å². The van der Waals surface area contributed by atoms with Crippen LogP contribution in [0.3, 0.4) is 0 Å². The van der Waals surface area contributed by atoms with E-state index in [1.807, 2.05) is 12.1 Å². The second-order valence-electron chi connectivity index (χ2n) is 5.69. The van der Waals surface area contributed by atoms with Gasteiger partial charge in [-0.25, -0.2) is 0 Å². The maximum Gasteiger partial charge on any atom is 0.0682 e. The number of anilines is 1. The number of morpholine rings is 1. The number of nitrogens with zero attached hydrogens (tertiary/aromatic N) is 2. The molecule has 1 aromatic carbocycles. The van der Waals surface area contributed by atoms with Crippen LogP contribution in [0.5, 0.6) is 0 Å². The average Bonchev–Trinajstić information content (AvgIpc) is 2.56. The van der Waals surface area contributed by atoms with Crippen LogP contribution in [0.4, 0.5) is 5.69 Å². The van der Waals surface area contributed by atoms with E-state index in [4.69, 9.17) is 4.74 Å².